The van der Waals surface area contributed by atoms with E-state index >= 15 is 0 Å². The molecule has 0 saturated carbocycles. The zero-order valence-electron chi connectivity index (χ0n) is 16.4. The molecule has 0 fully saturated rings. The predicted octanol–water partition coefficient (Wildman–Crippen LogP) is 3.65. The summed E-state index contributed by atoms with van der Waals surface area (Å²) >= 11 is 0. The largest absolute Gasteiger partial charge is 0.494 e. The third-order valence-electron chi connectivity index (χ3n) is 4.69. The smallest absolute Gasteiger partial charge is 0.255 e. The van der Waals surface area contributed by atoms with Crippen molar-refractivity contribution in [2.24, 2.45) is 0 Å². The van der Waals surface area contributed by atoms with E-state index in [0.29, 0.717) is 24.4 Å². The summed E-state index contributed by atoms with van der Waals surface area (Å²) in [7, 11) is 1.51. The van der Waals surface area contributed by atoms with E-state index in [0.717, 1.165) is 36.3 Å². The highest BCUT2D eigenvalue weighted by Gasteiger charge is 2.24. The van der Waals surface area contributed by atoms with Crippen LogP contribution in [-0.4, -0.2) is 38.7 Å². The van der Waals surface area contributed by atoms with Crippen LogP contribution in [-0.2, 0) is 16.0 Å². The van der Waals surface area contributed by atoms with Crippen LogP contribution >= 0.6 is 0 Å². The molecule has 0 radical (unpaired) electrons. The maximum Gasteiger partial charge on any atom is 0.255 e. The maximum atomic E-state index is 12.6. The Kier molecular flexibility index (Phi) is 6.66. The number of anilines is 2. The van der Waals surface area contributed by atoms with Gasteiger partial charge in [0.05, 0.1) is 6.61 Å². The van der Waals surface area contributed by atoms with Crippen molar-refractivity contribution in [1.29, 1.82) is 0 Å². The van der Waals surface area contributed by atoms with Gasteiger partial charge in [0.2, 0.25) is 0 Å². The van der Waals surface area contributed by atoms with E-state index < -0.39 is 0 Å². The summed E-state index contributed by atoms with van der Waals surface area (Å²) in [5.41, 5.74) is 3.13. The minimum Gasteiger partial charge on any atom is -0.494 e. The highest BCUT2D eigenvalue weighted by molar-refractivity contribution is 6.05. The zero-order valence-corrected chi connectivity index (χ0v) is 16.4. The Labute approximate surface area is 165 Å². The summed E-state index contributed by atoms with van der Waals surface area (Å²) in [5.74, 6) is 0.478. The van der Waals surface area contributed by atoms with Crippen LogP contribution in [0.5, 0.6) is 5.75 Å². The van der Waals surface area contributed by atoms with Gasteiger partial charge in [-0.3, -0.25) is 9.59 Å². The SMILES string of the molecule is CCCCOc1ccc(C(=O)Nc2ccc3c(c2)N(C(=O)COC)CC3)cc1. The van der Waals surface area contributed by atoms with Gasteiger partial charge in [-0.2, -0.15) is 0 Å². The monoisotopic (exact) mass is 382 g/mol. The molecule has 28 heavy (non-hydrogen) atoms. The van der Waals surface area contributed by atoms with Crippen LogP contribution in [0.25, 0.3) is 0 Å². The molecule has 3 rings (SSSR count). The number of benzene rings is 2. The molecular formula is C22H26N2O4. The first kappa shape index (κ1) is 19.9. The Morgan fingerprint density at radius 1 is 1.14 bits per heavy atom. The lowest BCUT2D eigenvalue weighted by atomic mass is 10.1. The molecule has 1 aliphatic rings. The Balaban J connectivity index is 1.66. The molecule has 0 aliphatic carbocycles. The molecule has 0 aromatic heterocycles. The second-order valence-corrected chi connectivity index (χ2v) is 6.75. The fourth-order valence-electron chi connectivity index (χ4n) is 3.16. The predicted molar refractivity (Wildman–Crippen MR) is 109 cm³/mol. The second-order valence-electron chi connectivity index (χ2n) is 6.75. The molecule has 1 aliphatic heterocycles. The van der Waals surface area contributed by atoms with Gasteiger partial charge in [-0.25, -0.2) is 0 Å². The van der Waals surface area contributed by atoms with Crippen LogP contribution in [0.4, 0.5) is 11.4 Å². The lowest BCUT2D eigenvalue weighted by Gasteiger charge is -2.17. The molecule has 0 unspecified atom stereocenters. The minimum absolute atomic E-state index is 0.0443. The average Bonchev–Trinajstić information content (AvgIpc) is 3.12. The van der Waals surface area contributed by atoms with Crippen molar-refractivity contribution < 1.29 is 19.1 Å². The van der Waals surface area contributed by atoms with E-state index in [9.17, 15) is 9.59 Å². The van der Waals surface area contributed by atoms with Crippen LogP contribution in [0.3, 0.4) is 0 Å². The molecule has 1 heterocycles. The van der Waals surface area contributed by atoms with Crippen molar-refractivity contribution in [1.82, 2.24) is 0 Å². The van der Waals surface area contributed by atoms with Gasteiger partial charge in [-0.15, -0.1) is 0 Å². The molecule has 6 nitrogen and oxygen atoms in total. The van der Waals surface area contributed by atoms with Crippen LogP contribution in [0.15, 0.2) is 42.5 Å². The van der Waals surface area contributed by atoms with E-state index in [1.165, 1.54) is 7.11 Å². The highest BCUT2D eigenvalue weighted by atomic mass is 16.5. The zero-order chi connectivity index (χ0) is 19.9. The van der Waals surface area contributed by atoms with Gasteiger partial charge < -0.3 is 19.7 Å². The number of hydrogen-bond donors (Lipinski definition) is 1. The first-order chi connectivity index (χ1) is 13.6. The first-order valence-electron chi connectivity index (χ1n) is 9.59. The summed E-state index contributed by atoms with van der Waals surface area (Å²) in [4.78, 5) is 26.4. The number of amides is 2. The summed E-state index contributed by atoms with van der Waals surface area (Å²) in [5, 5.41) is 2.90. The number of carbonyl (C=O) groups excluding carboxylic acids is 2. The average molecular weight is 382 g/mol. The fourth-order valence-corrected chi connectivity index (χ4v) is 3.16. The molecule has 2 aromatic rings. The molecule has 0 bridgehead atoms. The second kappa shape index (κ2) is 9.37. The van der Waals surface area contributed by atoms with Gasteiger partial charge in [0.15, 0.2) is 0 Å². The van der Waals surface area contributed by atoms with Crippen LogP contribution in [0, 0.1) is 0 Å². The van der Waals surface area contributed by atoms with Gasteiger partial charge in [0.1, 0.15) is 12.4 Å². The van der Waals surface area contributed by atoms with Crippen molar-refractivity contribution in [2.75, 3.05) is 37.1 Å². The van der Waals surface area contributed by atoms with Gasteiger partial charge in [-0.1, -0.05) is 19.4 Å². The van der Waals surface area contributed by atoms with Gasteiger partial charge in [0.25, 0.3) is 11.8 Å². The van der Waals surface area contributed by atoms with E-state index in [1.54, 1.807) is 29.2 Å². The lowest BCUT2D eigenvalue weighted by molar-refractivity contribution is -0.122. The van der Waals surface area contributed by atoms with Gasteiger partial charge in [0, 0.05) is 30.6 Å². The van der Waals surface area contributed by atoms with Crippen molar-refractivity contribution in [3.05, 3.63) is 53.6 Å². The van der Waals surface area contributed by atoms with Crippen molar-refractivity contribution in [2.45, 2.75) is 26.2 Å². The number of carbonyl (C=O) groups is 2. The topological polar surface area (TPSA) is 67.9 Å². The lowest BCUT2D eigenvalue weighted by Crippen LogP contribution is -2.32. The molecule has 6 heteroatoms. The molecular weight excluding hydrogens is 356 g/mol. The standard InChI is InChI=1S/C22H26N2O4/c1-3-4-13-28-19-9-6-17(7-10-19)22(26)23-18-8-5-16-11-12-24(20(16)14-18)21(25)15-27-2/h5-10,14H,3-4,11-13,15H2,1-2H3,(H,23,26). The van der Waals surface area contributed by atoms with E-state index in [1.807, 2.05) is 18.2 Å². The molecule has 2 aromatic carbocycles. The minimum atomic E-state index is -0.201. The van der Waals surface area contributed by atoms with Crippen LogP contribution in [0.1, 0.15) is 35.7 Å². The van der Waals surface area contributed by atoms with Gasteiger partial charge >= 0.3 is 0 Å². The van der Waals surface area contributed by atoms with E-state index in [-0.39, 0.29) is 18.4 Å². The molecule has 1 N–H and O–H groups in total. The number of hydrogen-bond acceptors (Lipinski definition) is 4. The van der Waals surface area contributed by atoms with Gasteiger partial charge in [-0.05, 0) is 54.8 Å². The number of methoxy groups -OCH3 is 1. The molecule has 0 saturated heterocycles. The summed E-state index contributed by atoms with van der Waals surface area (Å²) < 4.78 is 10.6. The maximum absolute atomic E-state index is 12.6. The van der Waals surface area contributed by atoms with Crippen LogP contribution < -0.4 is 15.0 Å². The summed E-state index contributed by atoms with van der Waals surface area (Å²) in [6.07, 6.45) is 2.89. The molecule has 0 atom stereocenters. The van der Waals surface area contributed by atoms with E-state index in [2.05, 4.69) is 12.2 Å². The van der Waals surface area contributed by atoms with Crippen molar-refractivity contribution in [3.63, 3.8) is 0 Å². The number of nitrogens with one attached hydrogen (secondary N) is 1. The molecule has 0 spiro atoms. The quantitative estimate of drug-likeness (QED) is 0.708. The Hall–Kier alpha value is -2.86. The van der Waals surface area contributed by atoms with Crippen molar-refractivity contribution >= 4 is 23.2 Å². The Morgan fingerprint density at radius 2 is 1.93 bits per heavy atom. The molecule has 2 amide bonds. The normalized spacial score (nSPS) is 12.6. The number of ether oxygens (including phenoxy) is 2. The fraction of sp³-hybridized carbons (Fsp3) is 0.364. The molecule has 148 valence electrons. The third kappa shape index (κ3) is 4.70. The number of unbranched alkanes of at least 4 members (excludes halogenated alkanes) is 1. The Morgan fingerprint density at radius 3 is 2.64 bits per heavy atom. The highest BCUT2D eigenvalue weighted by Crippen LogP contribution is 2.31. The Bertz CT molecular complexity index is 833. The van der Waals surface area contributed by atoms with Crippen LogP contribution in [0.2, 0.25) is 0 Å². The number of fused-ring (bicyclic) bond motifs is 1. The third-order valence-corrected chi connectivity index (χ3v) is 4.69. The summed E-state index contributed by atoms with van der Waals surface area (Å²) in [6, 6.07) is 12.8. The van der Waals surface area contributed by atoms with Crippen molar-refractivity contribution in [3.8, 4) is 5.75 Å². The number of rotatable bonds is 8. The van der Waals surface area contributed by atoms with E-state index in [4.69, 9.17) is 9.47 Å². The summed E-state index contributed by atoms with van der Waals surface area (Å²) in [6.45, 7) is 3.47. The number of nitrogens with zero attached hydrogens (tertiary/aromatic N) is 1. The first-order valence-corrected chi connectivity index (χ1v) is 9.59.